The van der Waals surface area contributed by atoms with Gasteiger partial charge in [0, 0.05) is 12.0 Å². The molecule has 2 N–H and O–H groups in total. The Balaban J connectivity index is 2.36. The normalized spacial score (nSPS) is 29.2. The Morgan fingerprint density at radius 2 is 2.12 bits per heavy atom. The van der Waals surface area contributed by atoms with Crippen molar-refractivity contribution in [2.75, 3.05) is 13.2 Å². The summed E-state index contributed by atoms with van der Waals surface area (Å²) >= 11 is 0. The maximum atomic E-state index is 12.4. The number of aliphatic hydroxyl groups excluding tert-OH is 2. The molecule has 142 valence electrons. The van der Waals surface area contributed by atoms with Gasteiger partial charge in [0.1, 0.15) is 12.2 Å². The predicted octanol–water partition coefficient (Wildman–Crippen LogP) is 1.98. The Kier molecular flexibility index (Phi) is 6.94. The molecule has 0 aromatic carbocycles. The van der Waals surface area contributed by atoms with Crippen molar-refractivity contribution in [2.45, 2.75) is 45.3 Å². The number of hydrogen-bond donors (Lipinski definition) is 2. The molecule has 6 heteroatoms. The SMILES string of the molecule is C=C1C(=O)O[C@@H]2/C=C(\C)CCC=C(C)C[C@@H](OC(=O)/C(=C/CO)CO)[C@@H]12. The first-order valence-electron chi connectivity index (χ1n) is 8.71. The van der Waals surface area contributed by atoms with Crippen LogP contribution in [0.25, 0.3) is 0 Å². The molecule has 0 aromatic rings. The zero-order chi connectivity index (χ0) is 19.3. The lowest BCUT2D eigenvalue weighted by atomic mass is 9.85. The van der Waals surface area contributed by atoms with Gasteiger partial charge in [0.25, 0.3) is 0 Å². The van der Waals surface area contributed by atoms with Crippen molar-refractivity contribution < 1.29 is 29.3 Å². The zero-order valence-electron chi connectivity index (χ0n) is 15.2. The first-order chi connectivity index (χ1) is 12.4. The fourth-order valence-corrected chi connectivity index (χ4v) is 3.27. The molecule has 1 heterocycles. The summed E-state index contributed by atoms with van der Waals surface area (Å²) in [6.07, 6.45) is 6.17. The first-order valence-corrected chi connectivity index (χ1v) is 8.71. The van der Waals surface area contributed by atoms with Crippen LogP contribution in [0.1, 0.15) is 33.1 Å². The van der Waals surface area contributed by atoms with E-state index >= 15 is 0 Å². The third kappa shape index (κ3) is 4.71. The molecule has 0 spiro atoms. The highest BCUT2D eigenvalue weighted by atomic mass is 16.6. The third-order valence-corrected chi connectivity index (χ3v) is 4.69. The van der Waals surface area contributed by atoms with Gasteiger partial charge in [-0.1, -0.05) is 23.8 Å². The van der Waals surface area contributed by atoms with Crippen LogP contribution in [0.2, 0.25) is 0 Å². The molecule has 1 aliphatic carbocycles. The number of esters is 2. The summed E-state index contributed by atoms with van der Waals surface area (Å²) in [5.41, 5.74) is 2.39. The molecule has 1 aliphatic heterocycles. The highest BCUT2D eigenvalue weighted by Crippen LogP contribution is 2.36. The number of aliphatic hydroxyl groups is 2. The van der Waals surface area contributed by atoms with E-state index in [1.54, 1.807) is 0 Å². The maximum Gasteiger partial charge on any atom is 0.336 e. The fourth-order valence-electron chi connectivity index (χ4n) is 3.27. The maximum absolute atomic E-state index is 12.4. The highest BCUT2D eigenvalue weighted by Gasteiger charge is 2.44. The van der Waals surface area contributed by atoms with Gasteiger partial charge in [-0.15, -0.1) is 0 Å². The van der Waals surface area contributed by atoms with Crippen molar-refractivity contribution in [3.05, 3.63) is 47.1 Å². The minimum atomic E-state index is -0.719. The van der Waals surface area contributed by atoms with Gasteiger partial charge in [0.15, 0.2) is 0 Å². The van der Waals surface area contributed by atoms with Gasteiger partial charge in [0.2, 0.25) is 0 Å². The Morgan fingerprint density at radius 1 is 1.38 bits per heavy atom. The molecule has 0 aromatic heterocycles. The van der Waals surface area contributed by atoms with E-state index in [1.165, 1.54) is 6.08 Å². The van der Waals surface area contributed by atoms with Crippen molar-refractivity contribution in [2.24, 2.45) is 5.92 Å². The van der Waals surface area contributed by atoms with Gasteiger partial charge in [-0.2, -0.15) is 0 Å². The standard InChI is InChI=1S/C20H26O6/c1-12-5-4-6-13(2)10-17(26-20(24)15(11-22)7-8-21)18-14(3)19(23)25-16(18)9-12/h6-7,9,16-18,21-22H,3-5,8,10-11H2,1-2H3/b12-9+,13-6?,15-7+/t16-,17-,18+/m1/s1. The van der Waals surface area contributed by atoms with Crippen molar-refractivity contribution in [1.29, 1.82) is 0 Å². The van der Waals surface area contributed by atoms with Crippen LogP contribution >= 0.6 is 0 Å². The number of fused-ring (bicyclic) bond motifs is 1. The molecule has 0 unspecified atom stereocenters. The Morgan fingerprint density at radius 3 is 2.77 bits per heavy atom. The van der Waals surface area contributed by atoms with E-state index < -0.39 is 36.7 Å². The van der Waals surface area contributed by atoms with Crippen molar-refractivity contribution in [1.82, 2.24) is 0 Å². The summed E-state index contributed by atoms with van der Waals surface area (Å²) in [6, 6.07) is 0. The topological polar surface area (TPSA) is 93.1 Å². The molecule has 2 aliphatic rings. The van der Waals surface area contributed by atoms with E-state index in [0.29, 0.717) is 6.42 Å². The third-order valence-electron chi connectivity index (χ3n) is 4.69. The van der Waals surface area contributed by atoms with Gasteiger partial charge in [-0.05, 0) is 38.8 Å². The number of hydrogen-bond acceptors (Lipinski definition) is 6. The van der Waals surface area contributed by atoms with Gasteiger partial charge >= 0.3 is 11.9 Å². The van der Waals surface area contributed by atoms with E-state index in [2.05, 4.69) is 12.7 Å². The summed E-state index contributed by atoms with van der Waals surface area (Å²) in [6.45, 7) is 6.85. The second-order valence-electron chi connectivity index (χ2n) is 6.74. The second-order valence-corrected chi connectivity index (χ2v) is 6.74. The van der Waals surface area contributed by atoms with Crippen LogP contribution in [0, 0.1) is 5.92 Å². The average Bonchev–Trinajstić information content (AvgIpc) is 2.85. The number of ether oxygens (including phenoxy) is 2. The molecule has 0 saturated carbocycles. The van der Waals surface area contributed by atoms with Gasteiger partial charge in [-0.3, -0.25) is 0 Å². The van der Waals surface area contributed by atoms with Crippen molar-refractivity contribution in [3.63, 3.8) is 0 Å². The smallest absolute Gasteiger partial charge is 0.336 e. The number of allylic oxidation sites excluding steroid dienone is 2. The molecule has 0 bridgehead atoms. The van der Waals surface area contributed by atoms with E-state index in [0.717, 1.165) is 24.0 Å². The molecule has 26 heavy (non-hydrogen) atoms. The number of carbonyl (C=O) groups excluding carboxylic acids is 2. The largest absolute Gasteiger partial charge is 0.458 e. The van der Waals surface area contributed by atoms with Crippen molar-refractivity contribution >= 4 is 11.9 Å². The van der Waals surface area contributed by atoms with Gasteiger partial charge < -0.3 is 19.7 Å². The molecule has 0 amide bonds. The molecule has 1 fully saturated rings. The molecule has 2 rings (SSSR count). The Bertz CT molecular complexity index is 670. The zero-order valence-corrected chi connectivity index (χ0v) is 15.2. The summed E-state index contributed by atoms with van der Waals surface area (Å²) in [4.78, 5) is 24.4. The lowest BCUT2D eigenvalue weighted by molar-refractivity contribution is -0.147. The fraction of sp³-hybridized carbons (Fsp3) is 0.500. The summed E-state index contributed by atoms with van der Waals surface area (Å²) in [7, 11) is 0. The molecule has 6 nitrogen and oxygen atoms in total. The molecule has 1 saturated heterocycles. The molecule has 3 atom stereocenters. The lowest BCUT2D eigenvalue weighted by Gasteiger charge is -2.27. The Labute approximate surface area is 153 Å². The van der Waals surface area contributed by atoms with Crippen LogP contribution in [0.4, 0.5) is 0 Å². The van der Waals surface area contributed by atoms with Crippen molar-refractivity contribution in [3.8, 4) is 0 Å². The van der Waals surface area contributed by atoms with Crippen LogP contribution in [-0.4, -0.2) is 47.6 Å². The monoisotopic (exact) mass is 362 g/mol. The average molecular weight is 362 g/mol. The van der Waals surface area contributed by atoms with Crippen LogP contribution in [0.5, 0.6) is 0 Å². The highest BCUT2D eigenvalue weighted by molar-refractivity contribution is 5.92. The van der Waals surface area contributed by atoms with E-state index in [9.17, 15) is 14.7 Å². The Hall–Kier alpha value is -2.18. The molecule has 0 radical (unpaired) electrons. The van der Waals surface area contributed by atoms with Crippen LogP contribution in [0.3, 0.4) is 0 Å². The lowest BCUT2D eigenvalue weighted by Crippen LogP contribution is -2.34. The molecular formula is C20H26O6. The number of carbonyl (C=O) groups is 2. The summed E-state index contributed by atoms with van der Waals surface area (Å²) < 4.78 is 11.1. The number of rotatable bonds is 4. The van der Waals surface area contributed by atoms with Gasteiger partial charge in [-0.25, -0.2) is 9.59 Å². The first kappa shape index (κ1) is 20.1. The minimum Gasteiger partial charge on any atom is -0.458 e. The van der Waals surface area contributed by atoms with E-state index in [1.807, 2.05) is 19.9 Å². The molecular weight excluding hydrogens is 336 g/mol. The van der Waals surface area contributed by atoms with E-state index in [-0.39, 0.29) is 17.8 Å². The van der Waals surface area contributed by atoms with Crippen LogP contribution in [-0.2, 0) is 19.1 Å². The second kappa shape index (κ2) is 8.96. The van der Waals surface area contributed by atoms with Crippen LogP contribution < -0.4 is 0 Å². The van der Waals surface area contributed by atoms with E-state index in [4.69, 9.17) is 14.6 Å². The quantitative estimate of drug-likeness (QED) is 0.451. The summed E-state index contributed by atoms with van der Waals surface area (Å²) in [5.74, 6) is -1.70. The minimum absolute atomic E-state index is 0.0228. The van der Waals surface area contributed by atoms with Crippen LogP contribution in [0.15, 0.2) is 47.1 Å². The predicted molar refractivity (Wildman–Crippen MR) is 96.0 cm³/mol. The van der Waals surface area contributed by atoms with Gasteiger partial charge in [0.05, 0.1) is 24.7 Å². The summed E-state index contributed by atoms with van der Waals surface area (Å²) in [5, 5.41) is 18.3.